The number of carbonyl (C=O) groups excluding carboxylic acids is 2. The second-order valence-electron chi connectivity index (χ2n) is 8.08. The van der Waals surface area contributed by atoms with Crippen LogP contribution in [0.3, 0.4) is 0 Å². The fraction of sp³-hybridized carbons (Fsp3) is 0.154. The number of thioether (sulfide) groups is 1. The Morgan fingerprint density at radius 1 is 1.03 bits per heavy atom. The number of aliphatic imine (C=N–C) groups is 1. The molecule has 0 radical (unpaired) electrons. The van der Waals surface area contributed by atoms with Crippen LogP contribution in [0.15, 0.2) is 77.8 Å². The van der Waals surface area contributed by atoms with Gasteiger partial charge in [0.05, 0.1) is 17.8 Å². The Morgan fingerprint density at radius 2 is 1.78 bits per heavy atom. The molecule has 182 valence electrons. The number of anilines is 1. The molecule has 0 bridgehead atoms. The number of para-hydroxylation sites is 1. The average molecular weight is 504 g/mol. The molecule has 1 atom stereocenters. The molecule has 2 aliphatic heterocycles. The summed E-state index contributed by atoms with van der Waals surface area (Å²) in [6, 6.07) is 20.6. The number of aromatic carboxylic acids is 1. The average Bonchev–Trinajstić information content (AvgIpc) is 3.35. The van der Waals surface area contributed by atoms with Gasteiger partial charge in [0, 0.05) is 12.1 Å². The molecule has 10 heteroatoms. The van der Waals surface area contributed by atoms with E-state index in [1.165, 1.54) is 36.0 Å². The summed E-state index contributed by atoms with van der Waals surface area (Å²) in [5.41, 5.74) is 2.07. The Kier molecular flexibility index (Phi) is 6.59. The Bertz CT molecular complexity index is 1340. The van der Waals surface area contributed by atoms with Gasteiger partial charge in [0.1, 0.15) is 5.25 Å². The molecule has 2 amide bonds. The van der Waals surface area contributed by atoms with Gasteiger partial charge < -0.3 is 19.9 Å². The van der Waals surface area contributed by atoms with E-state index in [1.807, 2.05) is 42.5 Å². The third-order valence-corrected chi connectivity index (χ3v) is 6.78. The maximum atomic E-state index is 13.3. The van der Waals surface area contributed by atoms with E-state index in [1.54, 1.807) is 11.0 Å². The number of rotatable bonds is 6. The maximum Gasteiger partial charge on any atom is 0.335 e. The second-order valence-corrected chi connectivity index (χ2v) is 9.25. The molecule has 1 unspecified atom stereocenters. The molecule has 0 aliphatic carbocycles. The monoisotopic (exact) mass is 503 g/mol. The van der Waals surface area contributed by atoms with Crippen LogP contribution in [0.1, 0.15) is 22.3 Å². The predicted molar refractivity (Wildman–Crippen MR) is 135 cm³/mol. The van der Waals surface area contributed by atoms with Gasteiger partial charge in [-0.15, -0.1) is 0 Å². The number of carboxylic acid groups (broad SMARTS) is 1. The molecule has 9 nitrogen and oxygen atoms in total. The summed E-state index contributed by atoms with van der Waals surface area (Å²) in [4.78, 5) is 43.6. The van der Waals surface area contributed by atoms with Crippen LogP contribution in [-0.2, 0) is 16.1 Å². The molecule has 2 N–H and O–H groups in total. The Hall–Kier alpha value is -4.31. The number of nitrogens with zero attached hydrogens (tertiary/aromatic N) is 2. The van der Waals surface area contributed by atoms with Crippen LogP contribution in [0.4, 0.5) is 11.4 Å². The first-order chi connectivity index (χ1) is 17.5. The smallest absolute Gasteiger partial charge is 0.335 e. The molecule has 36 heavy (non-hydrogen) atoms. The molecular weight excluding hydrogens is 482 g/mol. The van der Waals surface area contributed by atoms with Gasteiger partial charge in [-0.2, -0.15) is 0 Å². The van der Waals surface area contributed by atoms with Crippen molar-refractivity contribution in [2.75, 3.05) is 12.1 Å². The van der Waals surface area contributed by atoms with Gasteiger partial charge in [0.15, 0.2) is 16.7 Å². The van der Waals surface area contributed by atoms with Crippen molar-refractivity contribution < 1.29 is 29.0 Å². The number of ether oxygens (including phenoxy) is 2. The molecule has 5 rings (SSSR count). The van der Waals surface area contributed by atoms with Crippen molar-refractivity contribution in [3.63, 3.8) is 0 Å². The number of nitrogens with one attached hydrogen (secondary N) is 1. The van der Waals surface area contributed by atoms with Gasteiger partial charge >= 0.3 is 5.97 Å². The summed E-state index contributed by atoms with van der Waals surface area (Å²) in [6.45, 7) is 0.424. The number of carbonyl (C=O) groups is 3. The number of carboxylic acids is 1. The summed E-state index contributed by atoms with van der Waals surface area (Å²) in [5, 5.41) is 11.5. The number of fused-ring (bicyclic) bond motifs is 1. The van der Waals surface area contributed by atoms with Gasteiger partial charge in [-0.05, 0) is 54.1 Å². The Labute approximate surface area is 210 Å². The summed E-state index contributed by atoms with van der Waals surface area (Å²) in [6.07, 6.45) is -0.0118. The zero-order valence-electron chi connectivity index (χ0n) is 18.9. The van der Waals surface area contributed by atoms with Gasteiger partial charge in [-0.3, -0.25) is 14.5 Å². The van der Waals surface area contributed by atoms with Gasteiger partial charge in [-0.1, -0.05) is 36.0 Å². The number of amides is 2. The van der Waals surface area contributed by atoms with Gasteiger partial charge in [0.2, 0.25) is 18.6 Å². The fourth-order valence-electron chi connectivity index (χ4n) is 3.75. The van der Waals surface area contributed by atoms with Crippen molar-refractivity contribution in [1.29, 1.82) is 0 Å². The van der Waals surface area contributed by atoms with Crippen LogP contribution < -0.4 is 14.8 Å². The standard InChI is InChI=1S/C26H21N3O6S/c30-23-13-22(24(31)27-19-9-7-17(8-10-19)25(32)33)36-26(28-18-4-2-1-3-5-18)29(23)14-16-6-11-20-21(12-16)35-15-34-20/h1-12,22H,13-15H2,(H,27,31)(H,32,33). The van der Waals surface area contributed by atoms with Crippen LogP contribution in [0.5, 0.6) is 11.5 Å². The number of amidine groups is 1. The molecule has 2 heterocycles. The first kappa shape index (κ1) is 23.4. The second kappa shape index (κ2) is 10.1. The lowest BCUT2D eigenvalue weighted by Gasteiger charge is -2.32. The number of hydrogen-bond donors (Lipinski definition) is 2. The summed E-state index contributed by atoms with van der Waals surface area (Å²) in [5.74, 6) is -0.366. The lowest BCUT2D eigenvalue weighted by molar-refractivity contribution is -0.129. The van der Waals surface area contributed by atoms with Crippen LogP contribution in [0, 0.1) is 0 Å². The molecule has 3 aromatic rings. The largest absolute Gasteiger partial charge is 0.478 e. The molecule has 0 aromatic heterocycles. The van der Waals surface area contributed by atoms with E-state index in [0.29, 0.717) is 28.0 Å². The zero-order valence-corrected chi connectivity index (χ0v) is 19.7. The van der Waals surface area contributed by atoms with E-state index < -0.39 is 11.2 Å². The first-order valence-corrected chi connectivity index (χ1v) is 12.0. The van der Waals surface area contributed by atoms with E-state index >= 15 is 0 Å². The summed E-state index contributed by atoms with van der Waals surface area (Å²) in [7, 11) is 0. The SMILES string of the molecule is O=C(O)c1ccc(NC(=O)C2CC(=O)N(Cc3ccc4c(c3)OCO4)C(=Nc3ccccc3)S2)cc1. The van der Waals surface area contributed by atoms with E-state index in [0.717, 1.165) is 5.56 Å². The van der Waals surface area contributed by atoms with Crippen molar-refractivity contribution in [2.45, 2.75) is 18.2 Å². The molecule has 1 saturated heterocycles. The first-order valence-electron chi connectivity index (χ1n) is 11.1. The molecule has 3 aromatic carbocycles. The summed E-state index contributed by atoms with van der Waals surface area (Å²) >= 11 is 1.21. The molecule has 0 saturated carbocycles. The normalized spacial score (nSPS) is 17.8. The number of hydrogen-bond acceptors (Lipinski definition) is 7. The highest BCUT2D eigenvalue weighted by molar-refractivity contribution is 8.15. The minimum atomic E-state index is -1.05. The Balaban J connectivity index is 1.37. The quantitative estimate of drug-likeness (QED) is 0.516. The van der Waals surface area contributed by atoms with Crippen molar-refractivity contribution in [3.8, 4) is 11.5 Å². The van der Waals surface area contributed by atoms with Crippen molar-refractivity contribution in [1.82, 2.24) is 4.90 Å². The topological polar surface area (TPSA) is 118 Å². The highest BCUT2D eigenvalue weighted by Crippen LogP contribution is 2.35. The van der Waals surface area contributed by atoms with Crippen LogP contribution >= 0.6 is 11.8 Å². The molecule has 2 aliphatic rings. The van der Waals surface area contributed by atoms with E-state index in [-0.39, 0.29) is 37.1 Å². The maximum absolute atomic E-state index is 13.3. The van der Waals surface area contributed by atoms with Crippen LogP contribution in [-0.4, -0.2) is 45.0 Å². The van der Waals surface area contributed by atoms with E-state index in [2.05, 4.69) is 10.3 Å². The lowest BCUT2D eigenvalue weighted by Crippen LogP contribution is -2.44. The molecular formula is C26H21N3O6S. The third kappa shape index (κ3) is 5.18. The van der Waals surface area contributed by atoms with Crippen molar-refractivity contribution >= 4 is 46.1 Å². The highest BCUT2D eigenvalue weighted by Gasteiger charge is 2.36. The minimum Gasteiger partial charge on any atom is -0.478 e. The molecule has 0 spiro atoms. The number of benzene rings is 3. The minimum absolute atomic E-state index is 0.0118. The lowest BCUT2D eigenvalue weighted by atomic mass is 10.1. The molecule has 1 fully saturated rings. The highest BCUT2D eigenvalue weighted by atomic mass is 32.2. The summed E-state index contributed by atoms with van der Waals surface area (Å²) < 4.78 is 10.8. The Morgan fingerprint density at radius 3 is 2.53 bits per heavy atom. The van der Waals surface area contributed by atoms with Crippen molar-refractivity contribution in [2.24, 2.45) is 4.99 Å². The van der Waals surface area contributed by atoms with Gasteiger partial charge in [0.25, 0.3) is 0 Å². The van der Waals surface area contributed by atoms with E-state index in [9.17, 15) is 14.4 Å². The van der Waals surface area contributed by atoms with Crippen molar-refractivity contribution in [3.05, 3.63) is 83.9 Å². The van der Waals surface area contributed by atoms with Gasteiger partial charge in [-0.25, -0.2) is 9.79 Å². The third-order valence-electron chi connectivity index (χ3n) is 5.59. The zero-order chi connectivity index (χ0) is 25.1. The predicted octanol–water partition coefficient (Wildman–Crippen LogP) is 4.27. The van der Waals surface area contributed by atoms with E-state index in [4.69, 9.17) is 14.6 Å². The fourth-order valence-corrected chi connectivity index (χ4v) is 4.85. The van der Waals surface area contributed by atoms with Crippen LogP contribution in [0.2, 0.25) is 0 Å². The van der Waals surface area contributed by atoms with Crippen LogP contribution in [0.25, 0.3) is 0 Å².